The molecule has 0 radical (unpaired) electrons. The van der Waals surface area contributed by atoms with Crippen LogP contribution in [0, 0.1) is 0 Å². The molecule has 22 heavy (non-hydrogen) atoms. The summed E-state index contributed by atoms with van der Waals surface area (Å²) in [5, 5.41) is 8.58. The average Bonchev–Trinajstić information content (AvgIpc) is 2.48. The van der Waals surface area contributed by atoms with Crippen molar-refractivity contribution in [3.05, 3.63) is 35.9 Å². The van der Waals surface area contributed by atoms with Crippen LogP contribution in [0.1, 0.15) is 43.7 Å². The van der Waals surface area contributed by atoms with Gasteiger partial charge in [0.15, 0.2) is 0 Å². The van der Waals surface area contributed by atoms with Crippen molar-refractivity contribution >= 4 is 17.8 Å². The second-order valence-corrected chi connectivity index (χ2v) is 5.20. The molecule has 0 aromatic heterocycles. The zero-order valence-electron chi connectivity index (χ0n) is 12.7. The molecule has 3 N–H and O–H groups in total. The molecular formula is C16H22N2O4. The van der Waals surface area contributed by atoms with Crippen LogP contribution in [0.15, 0.2) is 30.3 Å². The maximum atomic E-state index is 12.2. The highest BCUT2D eigenvalue weighted by Gasteiger charge is 2.23. The first-order valence-corrected chi connectivity index (χ1v) is 7.22. The number of benzene rings is 1. The number of unbranched alkanes of at least 4 members (excludes halogenated alkanes) is 1. The number of nitrogens with two attached hydrogens (primary N) is 1. The molecule has 120 valence electrons. The number of hydrogen-bond acceptors (Lipinski definition) is 3. The Hall–Kier alpha value is -2.37. The first-order valence-electron chi connectivity index (χ1n) is 7.22. The Morgan fingerprint density at radius 3 is 2.27 bits per heavy atom. The summed E-state index contributed by atoms with van der Waals surface area (Å²) in [7, 11) is 1.64. The molecule has 6 nitrogen and oxygen atoms in total. The Morgan fingerprint density at radius 2 is 1.73 bits per heavy atom. The van der Waals surface area contributed by atoms with Crippen LogP contribution in [0.5, 0.6) is 0 Å². The lowest BCUT2D eigenvalue weighted by Gasteiger charge is -2.28. The SMILES string of the molecule is CN(C(=O)CCCCC(=O)O)C(CC(N)=O)c1ccccc1. The number of rotatable bonds is 9. The summed E-state index contributed by atoms with van der Waals surface area (Å²) in [5.41, 5.74) is 6.13. The van der Waals surface area contributed by atoms with Gasteiger partial charge in [-0.05, 0) is 18.4 Å². The third kappa shape index (κ3) is 5.95. The topological polar surface area (TPSA) is 101 Å². The maximum Gasteiger partial charge on any atom is 0.303 e. The minimum absolute atomic E-state index is 0.0559. The van der Waals surface area contributed by atoms with Crippen LogP contribution in [0.3, 0.4) is 0 Å². The van der Waals surface area contributed by atoms with E-state index in [1.165, 1.54) is 4.90 Å². The molecule has 0 saturated heterocycles. The molecule has 1 rings (SSSR count). The molecule has 1 unspecified atom stereocenters. The number of aliphatic carboxylic acids is 1. The Labute approximate surface area is 129 Å². The van der Waals surface area contributed by atoms with Gasteiger partial charge in [-0.1, -0.05) is 30.3 Å². The fourth-order valence-electron chi connectivity index (χ4n) is 2.25. The smallest absolute Gasteiger partial charge is 0.303 e. The largest absolute Gasteiger partial charge is 0.481 e. The van der Waals surface area contributed by atoms with E-state index in [9.17, 15) is 14.4 Å². The van der Waals surface area contributed by atoms with E-state index in [0.717, 1.165) is 5.56 Å². The van der Waals surface area contributed by atoms with E-state index in [1.807, 2.05) is 30.3 Å². The van der Waals surface area contributed by atoms with E-state index in [0.29, 0.717) is 12.8 Å². The van der Waals surface area contributed by atoms with Crippen molar-refractivity contribution in [2.24, 2.45) is 5.73 Å². The number of primary amides is 1. The van der Waals surface area contributed by atoms with Gasteiger partial charge in [0.25, 0.3) is 0 Å². The highest BCUT2D eigenvalue weighted by atomic mass is 16.4. The number of hydrogen-bond donors (Lipinski definition) is 2. The van der Waals surface area contributed by atoms with Gasteiger partial charge >= 0.3 is 5.97 Å². The summed E-state index contributed by atoms with van der Waals surface area (Å²) in [4.78, 5) is 35.4. The number of carboxylic acids is 1. The van der Waals surface area contributed by atoms with Gasteiger partial charge in [0.1, 0.15) is 0 Å². The van der Waals surface area contributed by atoms with Crippen molar-refractivity contribution in [3.63, 3.8) is 0 Å². The summed E-state index contributed by atoms with van der Waals surface area (Å²) in [6.45, 7) is 0. The van der Waals surface area contributed by atoms with Crippen LogP contribution >= 0.6 is 0 Å². The highest BCUT2D eigenvalue weighted by molar-refractivity contribution is 5.79. The lowest BCUT2D eigenvalue weighted by molar-refractivity contribution is -0.138. The quantitative estimate of drug-likeness (QED) is 0.678. The lowest BCUT2D eigenvalue weighted by atomic mass is 10.0. The van der Waals surface area contributed by atoms with E-state index in [4.69, 9.17) is 10.8 Å². The van der Waals surface area contributed by atoms with Gasteiger partial charge in [-0.3, -0.25) is 14.4 Å². The summed E-state index contributed by atoms with van der Waals surface area (Å²) in [6, 6.07) is 8.84. The normalized spacial score (nSPS) is 11.7. The average molecular weight is 306 g/mol. The Kier molecular flexibility index (Phi) is 7.08. The molecule has 0 aliphatic heterocycles. The molecule has 2 amide bonds. The minimum atomic E-state index is -0.864. The van der Waals surface area contributed by atoms with Gasteiger partial charge in [-0.25, -0.2) is 0 Å². The summed E-state index contributed by atoms with van der Waals surface area (Å²) in [6.07, 6.45) is 1.34. The van der Waals surface area contributed by atoms with Crippen molar-refractivity contribution in [3.8, 4) is 0 Å². The molecule has 0 saturated carbocycles. The zero-order valence-corrected chi connectivity index (χ0v) is 12.7. The molecule has 0 heterocycles. The predicted molar refractivity (Wildman–Crippen MR) is 81.9 cm³/mol. The van der Waals surface area contributed by atoms with Gasteiger partial charge in [0, 0.05) is 19.9 Å². The molecule has 0 aliphatic rings. The predicted octanol–water partition coefficient (Wildman–Crippen LogP) is 1.71. The molecule has 0 aliphatic carbocycles. The van der Waals surface area contributed by atoms with Crippen molar-refractivity contribution in [1.82, 2.24) is 4.90 Å². The first kappa shape index (κ1) is 17.7. The number of carboxylic acid groups (broad SMARTS) is 1. The van der Waals surface area contributed by atoms with Crippen molar-refractivity contribution in [1.29, 1.82) is 0 Å². The second-order valence-electron chi connectivity index (χ2n) is 5.20. The van der Waals surface area contributed by atoms with E-state index >= 15 is 0 Å². The fraction of sp³-hybridized carbons (Fsp3) is 0.438. The van der Waals surface area contributed by atoms with E-state index < -0.39 is 17.9 Å². The standard InChI is InChI=1S/C16H22N2O4/c1-18(15(20)9-5-6-10-16(21)22)13(11-14(17)19)12-7-3-2-4-8-12/h2-4,7-8,13H,5-6,9-11H2,1H3,(H2,17,19)(H,21,22). The van der Waals surface area contributed by atoms with Crippen LogP contribution in [0.2, 0.25) is 0 Å². The van der Waals surface area contributed by atoms with Crippen molar-refractivity contribution < 1.29 is 19.5 Å². The van der Waals surface area contributed by atoms with E-state index in [1.54, 1.807) is 7.05 Å². The van der Waals surface area contributed by atoms with Crippen LogP contribution in [-0.2, 0) is 14.4 Å². The summed E-state index contributed by atoms with van der Waals surface area (Å²) in [5.74, 6) is -1.46. The maximum absolute atomic E-state index is 12.2. The molecule has 1 aromatic carbocycles. The Bertz CT molecular complexity index is 516. The third-order valence-electron chi connectivity index (χ3n) is 3.47. The van der Waals surface area contributed by atoms with Gasteiger partial charge in [-0.2, -0.15) is 0 Å². The van der Waals surface area contributed by atoms with Gasteiger partial charge in [-0.15, -0.1) is 0 Å². The van der Waals surface area contributed by atoms with Crippen LogP contribution < -0.4 is 5.73 Å². The molecule has 1 aromatic rings. The Balaban J connectivity index is 2.67. The van der Waals surface area contributed by atoms with E-state index in [-0.39, 0.29) is 25.2 Å². The van der Waals surface area contributed by atoms with Crippen LogP contribution in [0.25, 0.3) is 0 Å². The van der Waals surface area contributed by atoms with Crippen molar-refractivity contribution in [2.45, 2.75) is 38.1 Å². The van der Waals surface area contributed by atoms with Gasteiger partial charge in [0.05, 0.1) is 12.5 Å². The van der Waals surface area contributed by atoms with Gasteiger partial charge < -0.3 is 15.7 Å². The van der Waals surface area contributed by atoms with E-state index in [2.05, 4.69) is 0 Å². The van der Waals surface area contributed by atoms with Crippen molar-refractivity contribution in [2.75, 3.05) is 7.05 Å². The minimum Gasteiger partial charge on any atom is -0.481 e. The highest BCUT2D eigenvalue weighted by Crippen LogP contribution is 2.23. The Morgan fingerprint density at radius 1 is 1.14 bits per heavy atom. The van der Waals surface area contributed by atoms with Gasteiger partial charge in [0.2, 0.25) is 11.8 Å². The fourth-order valence-corrected chi connectivity index (χ4v) is 2.25. The molecule has 0 bridgehead atoms. The summed E-state index contributed by atoms with van der Waals surface area (Å²) >= 11 is 0. The zero-order chi connectivity index (χ0) is 16.5. The molecule has 6 heteroatoms. The summed E-state index contributed by atoms with van der Waals surface area (Å²) < 4.78 is 0. The van der Waals surface area contributed by atoms with Crippen LogP contribution in [0.4, 0.5) is 0 Å². The molecule has 0 spiro atoms. The second kappa shape index (κ2) is 8.81. The third-order valence-corrected chi connectivity index (χ3v) is 3.47. The number of nitrogens with zero attached hydrogens (tertiary/aromatic N) is 1. The first-order chi connectivity index (χ1) is 10.4. The molecule has 1 atom stereocenters. The lowest BCUT2D eigenvalue weighted by Crippen LogP contribution is -2.33. The van der Waals surface area contributed by atoms with Crippen LogP contribution in [-0.4, -0.2) is 34.8 Å². The number of carbonyl (C=O) groups is 3. The molecule has 0 fully saturated rings. The molecular weight excluding hydrogens is 284 g/mol. The number of carbonyl (C=O) groups excluding carboxylic acids is 2. The monoisotopic (exact) mass is 306 g/mol. The number of amides is 2.